The number of sulfonamides is 1. The molecule has 0 radical (unpaired) electrons. The second-order valence-electron chi connectivity index (χ2n) is 9.93. The Morgan fingerprint density at radius 2 is 1.72 bits per heavy atom. The van der Waals surface area contributed by atoms with E-state index < -0.39 is 26.6 Å². The number of halogens is 2. The molecule has 0 spiro atoms. The zero-order valence-electron chi connectivity index (χ0n) is 23.4. The number of amides is 1. The number of pyridine rings is 1. The number of rotatable bonds is 8. The van der Waals surface area contributed by atoms with Gasteiger partial charge in [0.15, 0.2) is 5.78 Å². The minimum absolute atomic E-state index is 0.0169. The first-order valence-electron chi connectivity index (χ1n) is 13.3. The minimum atomic E-state index is -4.43. The summed E-state index contributed by atoms with van der Waals surface area (Å²) in [5.41, 5.74) is 2.27. The monoisotopic (exact) mass is 606 g/mol. The van der Waals surface area contributed by atoms with Crippen molar-refractivity contribution >= 4 is 43.9 Å². The molecule has 1 aliphatic rings. The Morgan fingerprint density at radius 3 is 2.42 bits per heavy atom. The number of benzene rings is 3. The molecule has 1 aliphatic heterocycles. The molecule has 2 heterocycles. The first kappa shape index (κ1) is 29.6. The molecular formula is C31H28F2N4O5S. The predicted molar refractivity (Wildman–Crippen MR) is 160 cm³/mol. The third-order valence-corrected chi connectivity index (χ3v) is 8.46. The minimum Gasteiger partial charge on any atom is -0.480 e. The average molecular weight is 607 g/mol. The highest BCUT2D eigenvalue weighted by molar-refractivity contribution is 7.92. The van der Waals surface area contributed by atoms with Gasteiger partial charge in [-0.05, 0) is 54.3 Å². The number of ether oxygens (including phenoxy) is 1. The van der Waals surface area contributed by atoms with Crippen LogP contribution in [0.5, 0.6) is 5.88 Å². The fraction of sp³-hybridized carbons (Fsp3) is 0.194. The van der Waals surface area contributed by atoms with E-state index in [4.69, 9.17) is 4.74 Å². The molecule has 9 nitrogen and oxygen atoms in total. The highest BCUT2D eigenvalue weighted by Gasteiger charge is 2.23. The lowest BCUT2D eigenvalue weighted by Gasteiger charge is -2.36. The molecule has 0 unspecified atom stereocenters. The van der Waals surface area contributed by atoms with E-state index in [9.17, 15) is 26.8 Å². The number of carbonyl (C=O) groups is 2. The molecule has 1 N–H and O–H groups in total. The van der Waals surface area contributed by atoms with Crippen LogP contribution < -0.4 is 14.4 Å². The molecule has 5 rings (SSSR count). The van der Waals surface area contributed by atoms with Crippen LogP contribution in [0.15, 0.2) is 83.9 Å². The van der Waals surface area contributed by atoms with Crippen LogP contribution in [0.1, 0.15) is 6.92 Å². The Kier molecular flexibility index (Phi) is 8.40. The number of hydrogen-bond donors (Lipinski definition) is 1. The fourth-order valence-electron chi connectivity index (χ4n) is 4.91. The number of carbonyl (C=O) groups excluding carboxylic acids is 2. The van der Waals surface area contributed by atoms with E-state index in [2.05, 4.69) is 14.6 Å². The van der Waals surface area contributed by atoms with Gasteiger partial charge in [-0.2, -0.15) is 0 Å². The molecular weight excluding hydrogens is 578 g/mol. The van der Waals surface area contributed by atoms with E-state index in [1.54, 1.807) is 4.90 Å². The summed E-state index contributed by atoms with van der Waals surface area (Å²) in [5.74, 6) is -2.53. The van der Waals surface area contributed by atoms with Crippen LogP contribution in [0.2, 0.25) is 0 Å². The van der Waals surface area contributed by atoms with Gasteiger partial charge < -0.3 is 14.5 Å². The standard InChI is InChI=1S/C31H28F2N4O5S/c1-20(38)6-11-30(39)37-14-12-36(13-15-37)28-5-3-4-21-7-8-22(16-25(21)28)23-17-27(31(42-2)34-19-23)35-43(40,41)29-10-9-24(32)18-26(29)33/h3-11,16-19,35H,12-15H2,1-2H3. The average Bonchev–Trinajstić information content (AvgIpc) is 2.99. The number of anilines is 2. The molecule has 1 saturated heterocycles. The number of hydrogen-bond acceptors (Lipinski definition) is 7. The molecule has 222 valence electrons. The molecule has 43 heavy (non-hydrogen) atoms. The maximum Gasteiger partial charge on any atom is 0.264 e. The SMILES string of the molecule is COc1ncc(-c2ccc3cccc(N4CCN(C(=O)C=CC(C)=O)CC4)c3c2)cc1NS(=O)(=O)c1ccc(F)cc1F. The van der Waals surface area contributed by atoms with E-state index >= 15 is 0 Å². The molecule has 4 aromatic rings. The van der Waals surface area contributed by atoms with Gasteiger partial charge in [0.2, 0.25) is 11.8 Å². The number of allylic oxidation sites excluding steroid dienone is 1. The largest absolute Gasteiger partial charge is 0.480 e. The van der Waals surface area contributed by atoms with Crippen LogP contribution in [-0.4, -0.2) is 63.3 Å². The molecule has 1 amide bonds. The Labute approximate surface area is 247 Å². The summed E-state index contributed by atoms with van der Waals surface area (Å²) in [6.07, 6.45) is 4.11. The van der Waals surface area contributed by atoms with Gasteiger partial charge >= 0.3 is 0 Å². The van der Waals surface area contributed by atoms with Gasteiger partial charge in [-0.3, -0.25) is 14.3 Å². The molecule has 0 atom stereocenters. The van der Waals surface area contributed by atoms with Gasteiger partial charge in [-0.1, -0.05) is 24.3 Å². The molecule has 1 fully saturated rings. The van der Waals surface area contributed by atoms with Gasteiger partial charge in [0.25, 0.3) is 10.0 Å². The summed E-state index contributed by atoms with van der Waals surface area (Å²) in [4.78, 5) is 31.0. The topological polar surface area (TPSA) is 109 Å². The van der Waals surface area contributed by atoms with Gasteiger partial charge in [0.05, 0.1) is 7.11 Å². The predicted octanol–water partition coefficient (Wildman–Crippen LogP) is 4.78. The van der Waals surface area contributed by atoms with Crippen molar-refractivity contribution in [1.82, 2.24) is 9.88 Å². The number of methoxy groups -OCH3 is 1. The lowest BCUT2D eigenvalue weighted by atomic mass is 10.0. The third-order valence-electron chi connectivity index (χ3n) is 7.06. The first-order valence-corrected chi connectivity index (χ1v) is 14.8. The van der Waals surface area contributed by atoms with E-state index in [1.807, 2.05) is 36.4 Å². The first-order chi connectivity index (χ1) is 20.6. The van der Waals surface area contributed by atoms with E-state index in [0.29, 0.717) is 37.8 Å². The maximum absolute atomic E-state index is 14.3. The lowest BCUT2D eigenvalue weighted by Crippen LogP contribution is -2.48. The maximum atomic E-state index is 14.3. The van der Waals surface area contributed by atoms with Crippen molar-refractivity contribution in [2.75, 3.05) is 42.9 Å². The van der Waals surface area contributed by atoms with Gasteiger partial charge in [0.1, 0.15) is 22.2 Å². The van der Waals surface area contributed by atoms with Crippen LogP contribution >= 0.6 is 0 Å². The van der Waals surface area contributed by atoms with Crippen LogP contribution in [-0.2, 0) is 19.6 Å². The van der Waals surface area contributed by atoms with E-state index in [0.717, 1.165) is 34.2 Å². The van der Waals surface area contributed by atoms with Crippen molar-refractivity contribution in [2.45, 2.75) is 11.8 Å². The van der Waals surface area contributed by atoms with Crippen LogP contribution in [0.3, 0.4) is 0 Å². The summed E-state index contributed by atoms with van der Waals surface area (Å²) in [5, 5.41) is 1.93. The van der Waals surface area contributed by atoms with Crippen molar-refractivity contribution in [2.24, 2.45) is 0 Å². The lowest BCUT2D eigenvalue weighted by molar-refractivity contribution is -0.126. The molecule has 0 bridgehead atoms. The Hall–Kier alpha value is -4.84. The molecule has 1 aromatic heterocycles. The van der Waals surface area contributed by atoms with Gasteiger partial charge in [-0.25, -0.2) is 22.2 Å². The summed E-state index contributed by atoms with van der Waals surface area (Å²) < 4.78 is 61.2. The van der Waals surface area contributed by atoms with Crippen molar-refractivity contribution in [3.05, 3.63) is 90.6 Å². The highest BCUT2D eigenvalue weighted by atomic mass is 32.2. The zero-order valence-corrected chi connectivity index (χ0v) is 24.2. The quantitative estimate of drug-likeness (QED) is 0.288. The second-order valence-corrected chi connectivity index (χ2v) is 11.6. The Morgan fingerprint density at radius 1 is 0.953 bits per heavy atom. The van der Waals surface area contributed by atoms with Crippen LogP contribution in [0.25, 0.3) is 21.9 Å². The normalized spacial score (nSPS) is 13.9. The van der Waals surface area contributed by atoms with Crippen molar-refractivity contribution in [1.29, 1.82) is 0 Å². The van der Waals surface area contributed by atoms with Crippen molar-refractivity contribution < 1.29 is 31.5 Å². The van der Waals surface area contributed by atoms with Crippen LogP contribution in [0.4, 0.5) is 20.2 Å². The number of piperazine rings is 1. The molecule has 0 aliphatic carbocycles. The summed E-state index contributed by atoms with van der Waals surface area (Å²) in [6.45, 7) is 3.58. The Balaban J connectivity index is 1.43. The number of nitrogens with one attached hydrogen (secondary N) is 1. The molecule has 0 saturated carbocycles. The van der Waals surface area contributed by atoms with Crippen molar-refractivity contribution in [3.8, 4) is 17.0 Å². The zero-order chi connectivity index (χ0) is 30.7. The number of nitrogens with zero attached hydrogens (tertiary/aromatic N) is 3. The number of ketones is 1. The van der Waals surface area contributed by atoms with Gasteiger partial charge in [-0.15, -0.1) is 0 Å². The second kappa shape index (κ2) is 12.2. The van der Waals surface area contributed by atoms with Crippen LogP contribution in [0, 0.1) is 11.6 Å². The van der Waals surface area contributed by atoms with Gasteiger partial charge in [0, 0.05) is 61.2 Å². The Bertz CT molecular complexity index is 1850. The fourth-order valence-corrected chi connectivity index (χ4v) is 6.02. The summed E-state index contributed by atoms with van der Waals surface area (Å²) in [6, 6.07) is 15.5. The number of fused-ring (bicyclic) bond motifs is 1. The number of aromatic nitrogens is 1. The smallest absolute Gasteiger partial charge is 0.264 e. The van der Waals surface area contributed by atoms with E-state index in [-0.39, 0.29) is 23.3 Å². The third kappa shape index (κ3) is 6.49. The molecule has 12 heteroatoms. The van der Waals surface area contributed by atoms with Crippen molar-refractivity contribution in [3.63, 3.8) is 0 Å². The molecule has 3 aromatic carbocycles. The summed E-state index contributed by atoms with van der Waals surface area (Å²) in [7, 11) is -3.11. The highest BCUT2D eigenvalue weighted by Crippen LogP contribution is 2.35. The van der Waals surface area contributed by atoms with E-state index in [1.165, 1.54) is 38.4 Å². The summed E-state index contributed by atoms with van der Waals surface area (Å²) >= 11 is 0.